The van der Waals surface area contributed by atoms with Crippen molar-refractivity contribution in [2.45, 2.75) is 31.7 Å². The topological polar surface area (TPSA) is 64.8 Å². The summed E-state index contributed by atoms with van der Waals surface area (Å²) >= 11 is 0. The highest BCUT2D eigenvalue weighted by Gasteiger charge is 2.40. The summed E-state index contributed by atoms with van der Waals surface area (Å²) in [6.45, 7) is 1.68. The molecule has 1 saturated carbocycles. The second-order valence-electron chi connectivity index (χ2n) is 6.68. The number of ether oxygens (including phenoxy) is 2. The Bertz CT molecular complexity index is 581. The molecule has 3 unspecified atom stereocenters. The molecule has 1 saturated heterocycles. The minimum absolute atomic E-state index is 0. The lowest BCUT2D eigenvalue weighted by Gasteiger charge is -2.29. The van der Waals surface area contributed by atoms with Crippen LogP contribution in [-0.2, 0) is 11.2 Å². The van der Waals surface area contributed by atoms with Gasteiger partial charge in [-0.3, -0.25) is 4.79 Å². The number of nitrogens with two attached hydrogens (primary N) is 1. The summed E-state index contributed by atoms with van der Waals surface area (Å²) in [7, 11) is 3.22. The Hall–Kier alpha value is -1.46. The molecule has 1 amide bonds. The molecule has 1 heterocycles. The van der Waals surface area contributed by atoms with E-state index < -0.39 is 0 Å². The fourth-order valence-electron chi connectivity index (χ4n) is 4.00. The van der Waals surface area contributed by atoms with E-state index in [-0.39, 0.29) is 24.4 Å². The van der Waals surface area contributed by atoms with Crippen LogP contribution in [0.2, 0.25) is 0 Å². The van der Waals surface area contributed by atoms with Crippen molar-refractivity contribution in [1.82, 2.24) is 4.90 Å². The van der Waals surface area contributed by atoms with Gasteiger partial charge in [0.2, 0.25) is 5.91 Å². The molecule has 5 nitrogen and oxygen atoms in total. The molecule has 0 spiro atoms. The molecule has 134 valence electrons. The number of methoxy groups -OCH3 is 2. The Balaban J connectivity index is 0.00000208. The molecule has 1 aromatic rings. The van der Waals surface area contributed by atoms with Crippen LogP contribution < -0.4 is 15.2 Å². The Morgan fingerprint density at radius 3 is 2.62 bits per heavy atom. The van der Waals surface area contributed by atoms with Crippen LogP contribution in [0.4, 0.5) is 0 Å². The summed E-state index contributed by atoms with van der Waals surface area (Å²) in [6, 6.07) is 5.91. The number of carbonyl (C=O) groups is 1. The van der Waals surface area contributed by atoms with E-state index in [0.717, 1.165) is 25.1 Å². The number of likely N-dealkylation sites (tertiary alicyclic amines) is 1. The molecule has 1 aromatic carbocycles. The number of carbonyl (C=O) groups excluding carboxylic acids is 1. The summed E-state index contributed by atoms with van der Waals surface area (Å²) in [4.78, 5) is 14.6. The van der Waals surface area contributed by atoms with Crippen LogP contribution in [0.3, 0.4) is 0 Å². The third-order valence-electron chi connectivity index (χ3n) is 5.31. The Morgan fingerprint density at radius 2 is 1.96 bits per heavy atom. The second-order valence-corrected chi connectivity index (χ2v) is 6.68. The first-order valence-electron chi connectivity index (χ1n) is 8.36. The number of nitrogens with zero attached hydrogens (tertiary/aromatic N) is 1. The van der Waals surface area contributed by atoms with Gasteiger partial charge in [0.05, 0.1) is 20.6 Å². The molecule has 0 bridgehead atoms. The third kappa shape index (κ3) is 3.78. The van der Waals surface area contributed by atoms with E-state index in [2.05, 4.69) is 0 Å². The van der Waals surface area contributed by atoms with Gasteiger partial charge in [-0.15, -0.1) is 12.4 Å². The average molecular weight is 355 g/mol. The predicted molar refractivity (Wildman–Crippen MR) is 95.9 cm³/mol. The van der Waals surface area contributed by atoms with E-state index in [0.29, 0.717) is 29.8 Å². The van der Waals surface area contributed by atoms with Crippen LogP contribution in [0.1, 0.15) is 24.8 Å². The van der Waals surface area contributed by atoms with Crippen LogP contribution >= 0.6 is 12.4 Å². The van der Waals surface area contributed by atoms with Crippen molar-refractivity contribution < 1.29 is 14.3 Å². The molecule has 3 atom stereocenters. The molecule has 0 radical (unpaired) electrons. The van der Waals surface area contributed by atoms with Gasteiger partial charge in [0, 0.05) is 19.1 Å². The van der Waals surface area contributed by atoms with E-state index in [4.69, 9.17) is 15.2 Å². The van der Waals surface area contributed by atoms with Crippen molar-refractivity contribution >= 4 is 18.3 Å². The first-order chi connectivity index (χ1) is 11.1. The lowest BCUT2D eigenvalue weighted by atomic mass is 9.78. The smallest absolute Gasteiger partial charge is 0.227 e. The fraction of sp³-hybridized carbons (Fsp3) is 0.611. The quantitative estimate of drug-likeness (QED) is 0.900. The fourth-order valence-corrected chi connectivity index (χ4v) is 4.00. The van der Waals surface area contributed by atoms with E-state index in [9.17, 15) is 4.79 Å². The number of fused-ring (bicyclic) bond motifs is 1. The first-order valence-corrected chi connectivity index (χ1v) is 8.36. The predicted octanol–water partition coefficient (Wildman–Crippen LogP) is 2.25. The Kier molecular flexibility index (Phi) is 6.35. The summed E-state index contributed by atoms with van der Waals surface area (Å²) in [5.41, 5.74) is 7.19. The molecule has 2 fully saturated rings. The Labute approximate surface area is 149 Å². The maximum Gasteiger partial charge on any atom is 0.227 e. The minimum atomic E-state index is 0. The van der Waals surface area contributed by atoms with Crippen LogP contribution in [0, 0.1) is 11.8 Å². The van der Waals surface area contributed by atoms with Gasteiger partial charge >= 0.3 is 0 Å². The van der Waals surface area contributed by atoms with E-state index in [1.165, 1.54) is 12.8 Å². The number of amides is 1. The average Bonchev–Trinajstić information content (AvgIpc) is 3.00. The van der Waals surface area contributed by atoms with E-state index in [1.807, 2.05) is 23.1 Å². The maximum atomic E-state index is 12.6. The first kappa shape index (κ1) is 18.9. The van der Waals surface area contributed by atoms with Crippen molar-refractivity contribution in [3.05, 3.63) is 23.8 Å². The number of hydrogen-bond acceptors (Lipinski definition) is 4. The molecule has 0 aromatic heterocycles. The van der Waals surface area contributed by atoms with Gasteiger partial charge in [-0.1, -0.05) is 12.5 Å². The van der Waals surface area contributed by atoms with Crippen molar-refractivity contribution in [2.24, 2.45) is 17.6 Å². The van der Waals surface area contributed by atoms with Gasteiger partial charge in [-0.2, -0.15) is 0 Å². The summed E-state index contributed by atoms with van der Waals surface area (Å²) in [5.74, 6) is 2.60. The Morgan fingerprint density at radius 1 is 1.21 bits per heavy atom. The molecule has 6 heteroatoms. The zero-order valence-corrected chi connectivity index (χ0v) is 15.2. The third-order valence-corrected chi connectivity index (χ3v) is 5.31. The number of rotatable bonds is 4. The van der Waals surface area contributed by atoms with Gasteiger partial charge < -0.3 is 20.1 Å². The standard InChI is InChI=1S/C18H26N2O3.ClH/c1-22-16-7-6-12(8-17(16)23-2)9-18(21)20-10-13-4-3-5-15(19)14(13)11-20;/h6-8,13-15H,3-5,9-11,19H2,1-2H3;1H. The second kappa shape index (κ2) is 8.08. The highest BCUT2D eigenvalue weighted by molar-refractivity contribution is 5.85. The van der Waals surface area contributed by atoms with Crippen molar-refractivity contribution in [3.8, 4) is 11.5 Å². The zero-order valence-electron chi connectivity index (χ0n) is 14.4. The molecule has 3 rings (SSSR count). The summed E-state index contributed by atoms with van der Waals surface area (Å²) < 4.78 is 10.5. The van der Waals surface area contributed by atoms with Gasteiger partial charge in [0.1, 0.15) is 0 Å². The maximum absolute atomic E-state index is 12.6. The number of benzene rings is 1. The van der Waals surface area contributed by atoms with Crippen molar-refractivity contribution in [2.75, 3.05) is 27.3 Å². The van der Waals surface area contributed by atoms with Crippen LogP contribution in [0.15, 0.2) is 18.2 Å². The summed E-state index contributed by atoms with van der Waals surface area (Å²) in [5, 5.41) is 0. The largest absolute Gasteiger partial charge is 0.493 e. The minimum Gasteiger partial charge on any atom is -0.493 e. The van der Waals surface area contributed by atoms with E-state index in [1.54, 1.807) is 14.2 Å². The molecular formula is C18H27ClN2O3. The van der Waals surface area contributed by atoms with Crippen LogP contribution in [0.25, 0.3) is 0 Å². The monoisotopic (exact) mass is 354 g/mol. The number of halogens is 1. The normalized spacial score (nSPS) is 25.6. The lowest BCUT2D eigenvalue weighted by Crippen LogP contribution is -2.38. The zero-order chi connectivity index (χ0) is 16.4. The molecular weight excluding hydrogens is 328 g/mol. The highest BCUT2D eigenvalue weighted by Crippen LogP contribution is 2.36. The van der Waals surface area contributed by atoms with Gasteiger partial charge in [-0.25, -0.2) is 0 Å². The highest BCUT2D eigenvalue weighted by atomic mass is 35.5. The molecule has 1 aliphatic heterocycles. The SMILES string of the molecule is COc1ccc(CC(=O)N2CC3CCCC(N)C3C2)cc1OC.Cl. The van der Waals surface area contributed by atoms with Gasteiger partial charge in [0.15, 0.2) is 11.5 Å². The molecule has 24 heavy (non-hydrogen) atoms. The van der Waals surface area contributed by atoms with Crippen molar-refractivity contribution in [3.63, 3.8) is 0 Å². The van der Waals surface area contributed by atoms with Crippen LogP contribution in [0.5, 0.6) is 11.5 Å². The van der Waals surface area contributed by atoms with Crippen molar-refractivity contribution in [1.29, 1.82) is 0 Å². The van der Waals surface area contributed by atoms with Gasteiger partial charge in [-0.05, 0) is 42.4 Å². The number of hydrogen-bond donors (Lipinski definition) is 1. The summed E-state index contributed by atoms with van der Waals surface area (Å²) in [6.07, 6.45) is 3.90. The lowest BCUT2D eigenvalue weighted by molar-refractivity contribution is -0.129. The van der Waals surface area contributed by atoms with E-state index >= 15 is 0 Å². The van der Waals surface area contributed by atoms with Gasteiger partial charge in [0.25, 0.3) is 0 Å². The van der Waals surface area contributed by atoms with Crippen LogP contribution in [-0.4, -0.2) is 44.2 Å². The molecule has 2 N–H and O–H groups in total. The molecule has 2 aliphatic rings. The molecule has 1 aliphatic carbocycles.